The first kappa shape index (κ1) is 11.0. The lowest BCUT2D eigenvalue weighted by atomic mass is 10.0. The first-order chi connectivity index (χ1) is 7.59. The first-order valence-electron chi connectivity index (χ1n) is 5.77. The van der Waals surface area contributed by atoms with Gasteiger partial charge in [0.1, 0.15) is 0 Å². The quantitative estimate of drug-likeness (QED) is 0.679. The Balaban J connectivity index is 2.47. The second-order valence-corrected chi connectivity index (χ2v) is 4.69. The number of hydrogen-bond acceptors (Lipinski definition) is 0. The zero-order valence-electron chi connectivity index (χ0n) is 10.4. The minimum Gasteiger partial charge on any atom is -0.350 e. The molecule has 0 aliphatic rings. The number of para-hydroxylation sites is 1. The highest BCUT2D eigenvalue weighted by Crippen LogP contribution is 2.25. The van der Waals surface area contributed by atoms with Gasteiger partial charge in [-0.3, -0.25) is 0 Å². The molecule has 16 heavy (non-hydrogen) atoms. The summed E-state index contributed by atoms with van der Waals surface area (Å²) in [5.41, 5.74) is 5.40. The van der Waals surface area contributed by atoms with Crippen LogP contribution >= 0.6 is 0 Å². The maximum Gasteiger partial charge on any atom is 0.0510 e. The number of hydrogen-bond donors (Lipinski definition) is 0. The summed E-state index contributed by atoms with van der Waals surface area (Å²) in [5.74, 6) is 0. The van der Waals surface area contributed by atoms with Gasteiger partial charge in [0.2, 0.25) is 0 Å². The van der Waals surface area contributed by atoms with Crippen LogP contribution in [-0.4, -0.2) is 4.57 Å². The van der Waals surface area contributed by atoms with Gasteiger partial charge in [0.15, 0.2) is 0 Å². The number of aromatic nitrogens is 1. The van der Waals surface area contributed by atoms with Gasteiger partial charge in [-0.15, -0.1) is 6.58 Å². The van der Waals surface area contributed by atoms with Gasteiger partial charge < -0.3 is 4.57 Å². The van der Waals surface area contributed by atoms with E-state index in [0.717, 1.165) is 12.8 Å². The Morgan fingerprint density at radius 3 is 2.81 bits per heavy atom. The molecule has 84 valence electrons. The normalized spacial score (nSPS) is 10.9. The van der Waals surface area contributed by atoms with Crippen molar-refractivity contribution < 1.29 is 0 Å². The maximum absolute atomic E-state index is 3.97. The van der Waals surface area contributed by atoms with E-state index in [9.17, 15) is 0 Å². The summed E-state index contributed by atoms with van der Waals surface area (Å²) in [6, 6.07) is 6.53. The Hall–Kier alpha value is -1.50. The summed E-state index contributed by atoms with van der Waals surface area (Å²) < 4.78 is 2.23. The Labute approximate surface area is 97.4 Å². The molecule has 0 bridgehead atoms. The molecule has 1 aromatic carbocycles. The highest BCUT2D eigenvalue weighted by Gasteiger charge is 2.07. The van der Waals surface area contributed by atoms with Crippen LogP contribution in [0.25, 0.3) is 10.9 Å². The lowest BCUT2D eigenvalue weighted by molar-refractivity contribution is 0.916. The van der Waals surface area contributed by atoms with E-state index < -0.39 is 0 Å². The third kappa shape index (κ3) is 1.90. The predicted octanol–water partition coefficient (Wildman–Crippen LogP) is 4.00. The molecule has 1 heterocycles. The molecule has 2 rings (SSSR count). The van der Waals surface area contributed by atoms with Crippen molar-refractivity contribution in [2.24, 2.45) is 7.05 Å². The van der Waals surface area contributed by atoms with E-state index in [0.29, 0.717) is 0 Å². The zero-order valence-corrected chi connectivity index (χ0v) is 10.4. The highest BCUT2D eigenvalue weighted by molar-refractivity contribution is 5.86. The van der Waals surface area contributed by atoms with Gasteiger partial charge in [-0.05, 0) is 37.8 Å². The molecule has 0 amide bonds. The summed E-state index contributed by atoms with van der Waals surface area (Å²) in [5, 5.41) is 1.39. The van der Waals surface area contributed by atoms with Gasteiger partial charge in [-0.25, -0.2) is 0 Å². The van der Waals surface area contributed by atoms with E-state index >= 15 is 0 Å². The molecule has 0 saturated carbocycles. The minimum atomic E-state index is 1.08. The van der Waals surface area contributed by atoms with Crippen LogP contribution in [0.5, 0.6) is 0 Å². The monoisotopic (exact) mass is 213 g/mol. The molecule has 1 aromatic heterocycles. The second kappa shape index (κ2) is 4.17. The molecule has 0 unspecified atom stereocenters. The third-order valence-electron chi connectivity index (χ3n) is 3.11. The van der Waals surface area contributed by atoms with Crippen molar-refractivity contribution in [2.75, 3.05) is 0 Å². The highest BCUT2D eigenvalue weighted by atomic mass is 14.9. The maximum atomic E-state index is 3.97. The smallest absolute Gasteiger partial charge is 0.0510 e. The molecule has 1 nitrogen and oxygen atoms in total. The van der Waals surface area contributed by atoms with Crippen LogP contribution in [0.2, 0.25) is 0 Å². The molecule has 0 saturated heterocycles. The van der Waals surface area contributed by atoms with Crippen LogP contribution in [-0.2, 0) is 13.5 Å². The summed E-state index contributed by atoms with van der Waals surface area (Å²) in [7, 11) is 2.12. The number of nitrogens with zero attached hydrogens (tertiary/aromatic N) is 1. The Morgan fingerprint density at radius 2 is 2.12 bits per heavy atom. The van der Waals surface area contributed by atoms with Crippen molar-refractivity contribution in [3.8, 4) is 0 Å². The van der Waals surface area contributed by atoms with Crippen LogP contribution < -0.4 is 0 Å². The Kier molecular flexibility index (Phi) is 2.86. The molecule has 0 radical (unpaired) electrons. The average Bonchev–Trinajstić information content (AvgIpc) is 2.54. The van der Waals surface area contributed by atoms with Crippen LogP contribution in [0.15, 0.2) is 36.5 Å². The van der Waals surface area contributed by atoms with E-state index in [-0.39, 0.29) is 0 Å². The van der Waals surface area contributed by atoms with Crippen molar-refractivity contribution in [3.63, 3.8) is 0 Å². The van der Waals surface area contributed by atoms with Crippen LogP contribution in [0, 0.1) is 6.92 Å². The summed E-state index contributed by atoms with van der Waals surface area (Å²) in [4.78, 5) is 0. The molecule has 0 fully saturated rings. The molecule has 0 aliphatic carbocycles. The molecule has 0 spiro atoms. The number of benzene rings is 1. The van der Waals surface area contributed by atoms with Gasteiger partial charge in [-0.1, -0.05) is 23.8 Å². The fraction of sp³-hybridized carbons (Fsp3) is 0.333. The van der Waals surface area contributed by atoms with Crippen molar-refractivity contribution >= 4 is 10.9 Å². The first-order valence-corrected chi connectivity index (χ1v) is 5.77. The van der Waals surface area contributed by atoms with E-state index in [2.05, 4.69) is 56.4 Å². The fourth-order valence-electron chi connectivity index (χ4n) is 2.30. The van der Waals surface area contributed by atoms with Crippen molar-refractivity contribution in [1.82, 2.24) is 4.57 Å². The van der Waals surface area contributed by atoms with E-state index in [1.807, 2.05) is 0 Å². The number of allylic oxidation sites excluding steroid dienone is 1. The number of aryl methyl sites for hydroxylation is 3. The zero-order chi connectivity index (χ0) is 11.7. The number of rotatable bonds is 3. The lowest BCUT2D eigenvalue weighted by Crippen LogP contribution is -1.86. The third-order valence-corrected chi connectivity index (χ3v) is 3.11. The van der Waals surface area contributed by atoms with E-state index in [4.69, 9.17) is 0 Å². The fourth-order valence-corrected chi connectivity index (χ4v) is 2.30. The topological polar surface area (TPSA) is 4.93 Å². The Bertz CT molecular complexity index is 532. The second-order valence-electron chi connectivity index (χ2n) is 4.69. The van der Waals surface area contributed by atoms with E-state index in [1.54, 1.807) is 0 Å². The molecule has 0 atom stereocenters. The molecule has 0 N–H and O–H groups in total. The molecule has 1 heteroatoms. The summed E-state index contributed by atoms with van der Waals surface area (Å²) >= 11 is 0. The SMILES string of the molecule is C=C(C)CCc1cn(C)c2c(C)cccc12. The largest absolute Gasteiger partial charge is 0.350 e. The summed E-state index contributed by atoms with van der Waals surface area (Å²) in [6.45, 7) is 8.23. The van der Waals surface area contributed by atoms with Crippen molar-refractivity contribution in [2.45, 2.75) is 26.7 Å². The van der Waals surface area contributed by atoms with Crippen molar-refractivity contribution in [3.05, 3.63) is 47.7 Å². The van der Waals surface area contributed by atoms with Crippen molar-refractivity contribution in [1.29, 1.82) is 0 Å². The van der Waals surface area contributed by atoms with Gasteiger partial charge in [0.25, 0.3) is 0 Å². The predicted molar refractivity (Wildman–Crippen MR) is 70.8 cm³/mol. The average molecular weight is 213 g/mol. The van der Waals surface area contributed by atoms with Gasteiger partial charge in [-0.2, -0.15) is 0 Å². The molecule has 2 aromatic rings. The molecule has 0 aliphatic heterocycles. The van der Waals surface area contributed by atoms with Crippen LogP contribution in [0.3, 0.4) is 0 Å². The molecular formula is C15H19N. The molecular weight excluding hydrogens is 194 g/mol. The van der Waals surface area contributed by atoms with Crippen LogP contribution in [0.4, 0.5) is 0 Å². The lowest BCUT2D eigenvalue weighted by Gasteiger charge is -2.01. The van der Waals surface area contributed by atoms with Gasteiger partial charge >= 0.3 is 0 Å². The Morgan fingerprint density at radius 1 is 1.38 bits per heavy atom. The van der Waals surface area contributed by atoms with Gasteiger partial charge in [0, 0.05) is 18.6 Å². The summed E-state index contributed by atoms with van der Waals surface area (Å²) in [6.07, 6.45) is 4.42. The van der Waals surface area contributed by atoms with E-state index in [1.165, 1.54) is 27.6 Å². The standard InChI is InChI=1S/C15H19N/c1-11(2)8-9-13-10-16(4)15-12(3)6-5-7-14(13)15/h5-7,10H,1,8-9H2,2-4H3. The number of fused-ring (bicyclic) bond motifs is 1. The minimum absolute atomic E-state index is 1.08. The van der Waals surface area contributed by atoms with Gasteiger partial charge in [0.05, 0.1) is 5.52 Å². The van der Waals surface area contributed by atoms with Crippen LogP contribution in [0.1, 0.15) is 24.5 Å².